The number of aryl methyl sites for hydroxylation is 1. The van der Waals surface area contributed by atoms with Crippen molar-refractivity contribution in [2.75, 3.05) is 41.0 Å². The van der Waals surface area contributed by atoms with Crippen LogP contribution in [-0.2, 0) is 15.1 Å². The molecule has 1 atom stereocenters. The zero-order valence-electron chi connectivity index (χ0n) is 18.8. The number of alkyl halides is 3. The van der Waals surface area contributed by atoms with Crippen LogP contribution < -0.4 is 4.74 Å². The topological polar surface area (TPSA) is 63.5 Å². The van der Waals surface area contributed by atoms with Crippen molar-refractivity contribution in [3.05, 3.63) is 23.3 Å². The quantitative estimate of drug-likeness (QED) is 0.137. The number of hydrogen-bond donors (Lipinski definition) is 1. The van der Waals surface area contributed by atoms with Crippen molar-refractivity contribution < 1.29 is 28.1 Å². The van der Waals surface area contributed by atoms with Gasteiger partial charge in [0.2, 0.25) is 0 Å². The number of ether oxygens (including phenoxy) is 3. The van der Waals surface area contributed by atoms with Gasteiger partial charge in [0.1, 0.15) is 5.75 Å². The van der Waals surface area contributed by atoms with Crippen LogP contribution in [0, 0.1) is 6.92 Å². The third-order valence-electron chi connectivity index (χ3n) is 5.04. The molecule has 1 rings (SSSR count). The third-order valence-corrected chi connectivity index (χ3v) is 5.93. The first kappa shape index (κ1) is 27.0. The van der Waals surface area contributed by atoms with Gasteiger partial charge in [0.25, 0.3) is 0 Å². The van der Waals surface area contributed by atoms with E-state index in [1.807, 2.05) is 32.7 Å². The number of rotatable bonds is 12. The van der Waals surface area contributed by atoms with Crippen LogP contribution in [0.4, 0.5) is 14.5 Å². The molecule has 0 saturated heterocycles. The molecule has 6 nitrogen and oxygen atoms in total. The SMILES string of the molecule is CCN(C)C=Nc1cc(OC)c(C(O)(COCCC(C)(C)OC)C(F)(F)I)cc1C. The van der Waals surface area contributed by atoms with Crippen LogP contribution in [0.5, 0.6) is 5.75 Å². The summed E-state index contributed by atoms with van der Waals surface area (Å²) in [6.07, 6.45) is 2.14. The summed E-state index contributed by atoms with van der Waals surface area (Å²) < 4.78 is 41.8. The van der Waals surface area contributed by atoms with E-state index in [-0.39, 0.29) is 17.9 Å². The van der Waals surface area contributed by atoms with Gasteiger partial charge in [0.05, 0.1) is 31.3 Å². The van der Waals surface area contributed by atoms with Gasteiger partial charge in [0, 0.05) is 61.5 Å². The number of aliphatic imine (C=N–C) groups is 1. The van der Waals surface area contributed by atoms with Crippen LogP contribution in [0.25, 0.3) is 0 Å². The van der Waals surface area contributed by atoms with Crippen LogP contribution in [0.2, 0.25) is 0 Å². The first-order valence-electron chi connectivity index (χ1n) is 9.67. The second kappa shape index (κ2) is 11.0. The summed E-state index contributed by atoms with van der Waals surface area (Å²) in [4.78, 5) is 6.27. The van der Waals surface area contributed by atoms with Crippen LogP contribution in [0.1, 0.15) is 38.3 Å². The van der Waals surface area contributed by atoms with Crippen LogP contribution in [-0.4, -0.2) is 66.9 Å². The van der Waals surface area contributed by atoms with E-state index >= 15 is 0 Å². The molecule has 9 heteroatoms. The second-order valence-electron chi connectivity index (χ2n) is 7.78. The first-order valence-corrected chi connectivity index (χ1v) is 10.7. The molecular weight excluding hydrogens is 509 g/mol. The summed E-state index contributed by atoms with van der Waals surface area (Å²) in [5, 5.41) is 11.0. The number of halogens is 3. The third kappa shape index (κ3) is 7.00. The minimum atomic E-state index is -3.51. The molecule has 0 fully saturated rings. The van der Waals surface area contributed by atoms with E-state index in [1.165, 1.54) is 13.2 Å². The zero-order valence-corrected chi connectivity index (χ0v) is 20.9. The molecule has 1 aromatic rings. The molecule has 30 heavy (non-hydrogen) atoms. The highest BCUT2D eigenvalue weighted by atomic mass is 127. The maximum absolute atomic E-state index is 14.6. The molecule has 0 saturated carbocycles. The molecule has 172 valence electrons. The Morgan fingerprint density at radius 2 is 1.90 bits per heavy atom. The molecular formula is C21H33F2IN2O4. The van der Waals surface area contributed by atoms with Crippen LogP contribution in [0.3, 0.4) is 0 Å². The fraction of sp³-hybridized carbons (Fsp3) is 0.667. The average Bonchev–Trinajstić information content (AvgIpc) is 2.68. The summed E-state index contributed by atoms with van der Waals surface area (Å²) in [6.45, 7) is 7.81. The Kier molecular flexibility index (Phi) is 9.91. The number of nitrogens with zero attached hydrogens (tertiary/aromatic N) is 2. The van der Waals surface area contributed by atoms with E-state index in [1.54, 1.807) is 26.4 Å². The molecule has 1 aromatic carbocycles. The Bertz CT molecular complexity index is 726. The molecule has 0 amide bonds. The van der Waals surface area contributed by atoms with E-state index in [0.717, 1.165) is 29.1 Å². The second-order valence-corrected chi connectivity index (χ2v) is 9.14. The standard InChI is InChI=1S/C21H33F2IN2O4/c1-8-26(5)14-25-17-12-18(28-6)16(11-15(17)2)20(27,21(22,23)24)13-30-10-9-19(3,4)29-7/h11-12,14,27H,8-10,13H2,1-7H3. The summed E-state index contributed by atoms with van der Waals surface area (Å²) in [5.74, 6) is 0.117. The van der Waals surface area contributed by atoms with E-state index in [4.69, 9.17) is 14.2 Å². The first-order chi connectivity index (χ1) is 13.8. The lowest BCUT2D eigenvalue weighted by molar-refractivity contribution is -0.156. The monoisotopic (exact) mass is 542 g/mol. The highest BCUT2D eigenvalue weighted by Crippen LogP contribution is 2.47. The number of methoxy groups -OCH3 is 2. The minimum absolute atomic E-state index is 0.0457. The lowest BCUT2D eigenvalue weighted by atomic mass is 9.92. The highest BCUT2D eigenvalue weighted by molar-refractivity contribution is 14.1. The summed E-state index contributed by atoms with van der Waals surface area (Å²) in [5.41, 5.74) is -1.88. The molecule has 1 unspecified atom stereocenters. The molecule has 0 heterocycles. The molecule has 1 N–H and O–H groups in total. The van der Waals surface area contributed by atoms with Crippen LogP contribution >= 0.6 is 22.6 Å². The zero-order chi connectivity index (χ0) is 23.2. The molecule has 0 spiro atoms. The maximum Gasteiger partial charge on any atom is 0.330 e. The Hall–Kier alpha value is -1.04. The van der Waals surface area contributed by atoms with Gasteiger partial charge in [-0.1, -0.05) is 0 Å². The van der Waals surface area contributed by atoms with Gasteiger partial charge in [-0.05, 0) is 45.7 Å². The van der Waals surface area contributed by atoms with Crippen molar-refractivity contribution in [1.82, 2.24) is 4.90 Å². The van der Waals surface area contributed by atoms with Crippen LogP contribution in [0.15, 0.2) is 17.1 Å². The van der Waals surface area contributed by atoms with E-state index in [0.29, 0.717) is 17.7 Å². The summed E-state index contributed by atoms with van der Waals surface area (Å²) in [6, 6.07) is 3.03. The van der Waals surface area contributed by atoms with E-state index in [2.05, 4.69) is 4.99 Å². The van der Waals surface area contributed by atoms with Crippen molar-refractivity contribution in [2.45, 2.75) is 49.2 Å². The molecule has 0 aromatic heterocycles. The van der Waals surface area contributed by atoms with E-state index in [9.17, 15) is 13.9 Å². The predicted molar refractivity (Wildman–Crippen MR) is 124 cm³/mol. The molecule has 0 bridgehead atoms. The fourth-order valence-corrected chi connectivity index (χ4v) is 2.95. The maximum atomic E-state index is 14.6. The molecule has 0 radical (unpaired) electrons. The van der Waals surface area contributed by atoms with Gasteiger partial charge in [-0.25, -0.2) is 4.99 Å². The molecule has 0 aliphatic heterocycles. The largest absolute Gasteiger partial charge is 0.496 e. The van der Waals surface area contributed by atoms with Gasteiger partial charge in [-0.2, -0.15) is 8.78 Å². The Balaban J connectivity index is 3.25. The van der Waals surface area contributed by atoms with Gasteiger partial charge in [-0.3, -0.25) is 0 Å². The van der Waals surface area contributed by atoms with E-state index < -0.39 is 21.7 Å². The van der Waals surface area contributed by atoms with Crippen molar-refractivity contribution in [3.63, 3.8) is 0 Å². The molecule has 0 aliphatic rings. The minimum Gasteiger partial charge on any atom is -0.496 e. The Labute approximate surface area is 191 Å². The Morgan fingerprint density at radius 1 is 1.27 bits per heavy atom. The number of benzene rings is 1. The average molecular weight is 542 g/mol. The fourth-order valence-electron chi connectivity index (χ4n) is 2.50. The summed E-state index contributed by atoms with van der Waals surface area (Å²) >= 11 is 0.938. The highest BCUT2D eigenvalue weighted by Gasteiger charge is 2.54. The molecule has 0 aliphatic carbocycles. The normalized spacial score (nSPS) is 14.8. The van der Waals surface area contributed by atoms with Gasteiger partial charge < -0.3 is 24.2 Å². The smallest absolute Gasteiger partial charge is 0.330 e. The van der Waals surface area contributed by atoms with Crippen molar-refractivity contribution in [2.24, 2.45) is 4.99 Å². The lowest BCUT2D eigenvalue weighted by Gasteiger charge is -2.34. The number of aliphatic hydroxyl groups is 1. The number of hydrogen-bond acceptors (Lipinski definition) is 5. The van der Waals surface area contributed by atoms with Crippen molar-refractivity contribution in [3.8, 4) is 5.75 Å². The van der Waals surface area contributed by atoms with Crippen molar-refractivity contribution >= 4 is 34.6 Å². The predicted octanol–water partition coefficient (Wildman–Crippen LogP) is 4.66. The summed E-state index contributed by atoms with van der Waals surface area (Å²) in [7, 11) is 4.82. The van der Waals surface area contributed by atoms with Gasteiger partial charge in [-0.15, -0.1) is 0 Å². The Morgan fingerprint density at radius 3 is 2.40 bits per heavy atom. The van der Waals surface area contributed by atoms with Gasteiger partial charge in [0.15, 0.2) is 5.60 Å². The van der Waals surface area contributed by atoms with Crippen molar-refractivity contribution in [1.29, 1.82) is 0 Å². The lowest BCUT2D eigenvalue weighted by Crippen LogP contribution is -2.45. The van der Waals surface area contributed by atoms with Gasteiger partial charge >= 0.3 is 3.93 Å².